The highest BCUT2D eigenvalue weighted by atomic mass is 79.9. The molecule has 1 atom stereocenters. The molecule has 1 aromatic rings. The summed E-state index contributed by atoms with van der Waals surface area (Å²) in [6.07, 6.45) is 3.47. The number of likely N-dealkylation sites (N-methyl/N-ethyl adjacent to an activating group) is 1. The van der Waals surface area contributed by atoms with Crippen LogP contribution in [0.1, 0.15) is 24.8 Å². The van der Waals surface area contributed by atoms with Gasteiger partial charge in [-0.3, -0.25) is 4.79 Å². The number of carbonyl (C=O) groups is 1. The zero-order valence-corrected chi connectivity index (χ0v) is 14.3. The maximum absolute atomic E-state index is 12.4. The van der Waals surface area contributed by atoms with Crippen molar-refractivity contribution in [2.45, 2.75) is 31.7 Å². The van der Waals surface area contributed by atoms with Crippen LogP contribution in [0.25, 0.3) is 0 Å². The number of likely N-dealkylation sites (tertiary alicyclic amines) is 1. The predicted octanol–water partition coefficient (Wildman–Crippen LogP) is 2.60. The second-order valence-electron chi connectivity index (χ2n) is 5.42. The first kappa shape index (κ1) is 16.3. The minimum Gasteiger partial charge on any atom is -0.496 e. The fourth-order valence-corrected chi connectivity index (χ4v) is 3.19. The summed E-state index contributed by atoms with van der Waals surface area (Å²) in [5.74, 6) is 1.08. The van der Waals surface area contributed by atoms with Crippen LogP contribution in [0.3, 0.4) is 0 Å². The molecule has 0 aromatic heterocycles. The second-order valence-corrected chi connectivity index (χ2v) is 6.34. The van der Waals surface area contributed by atoms with Crippen LogP contribution in [-0.2, 0) is 11.2 Å². The number of rotatable bonds is 5. The van der Waals surface area contributed by atoms with Gasteiger partial charge in [-0.25, -0.2) is 0 Å². The predicted molar refractivity (Wildman–Crippen MR) is 87.7 cm³/mol. The van der Waals surface area contributed by atoms with Crippen molar-refractivity contribution in [2.24, 2.45) is 0 Å². The number of hydrogen-bond donors (Lipinski definition) is 1. The molecule has 0 bridgehead atoms. The van der Waals surface area contributed by atoms with Gasteiger partial charge in [-0.2, -0.15) is 0 Å². The summed E-state index contributed by atoms with van der Waals surface area (Å²) >= 11 is 3.47. The summed E-state index contributed by atoms with van der Waals surface area (Å²) in [6.45, 7) is 1.71. The molecule has 1 aliphatic rings. The van der Waals surface area contributed by atoms with E-state index in [2.05, 4.69) is 21.2 Å². The Kier molecular flexibility index (Phi) is 6.06. The van der Waals surface area contributed by atoms with Gasteiger partial charge in [-0.05, 0) is 50.1 Å². The van der Waals surface area contributed by atoms with Crippen molar-refractivity contribution in [1.29, 1.82) is 0 Å². The van der Waals surface area contributed by atoms with E-state index in [9.17, 15) is 4.79 Å². The van der Waals surface area contributed by atoms with Crippen molar-refractivity contribution in [3.8, 4) is 5.75 Å². The number of halogens is 1. The first-order valence-electron chi connectivity index (χ1n) is 7.41. The quantitative estimate of drug-likeness (QED) is 0.883. The largest absolute Gasteiger partial charge is 0.496 e. The molecule has 21 heavy (non-hydrogen) atoms. The molecule has 0 unspecified atom stereocenters. The Labute approximate surface area is 135 Å². The monoisotopic (exact) mass is 354 g/mol. The molecular weight excluding hydrogens is 332 g/mol. The van der Waals surface area contributed by atoms with Crippen molar-refractivity contribution >= 4 is 21.8 Å². The molecule has 1 N–H and O–H groups in total. The van der Waals surface area contributed by atoms with Gasteiger partial charge < -0.3 is 15.0 Å². The highest BCUT2D eigenvalue weighted by molar-refractivity contribution is 9.10. The molecule has 1 heterocycles. The first-order chi connectivity index (χ1) is 10.1. The van der Waals surface area contributed by atoms with Gasteiger partial charge in [0.25, 0.3) is 0 Å². The lowest BCUT2D eigenvalue weighted by molar-refractivity contribution is -0.132. The summed E-state index contributed by atoms with van der Waals surface area (Å²) < 4.78 is 6.37. The highest BCUT2D eigenvalue weighted by Crippen LogP contribution is 2.24. The average molecular weight is 355 g/mol. The van der Waals surface area contributed by atoms with Gasteiger partial charge in [-0.15, -0.1) is 0 Å². The van der Waals surface area contributed by atoms with Gasteiger partial charge in [-0.1, -0.05) is 15.9 Å². The standard InChI is InChI=1S/C16H23BrN2O2/c1-18-14-4-3-9-19(11-14)16(20)8-5-12-10-13(17)6-7-15(12)21-2/h6-7,10,14,18H,3-5,8-9,11H2,1-2H3/t14-/m1/s1. The molecule has 116 valence electrons. The number of nitrogens with zero attached hydrogens (tertiary/aromatic N) is 1. The smallest absolute Gasteiger partial charge is 0.222 e. The molecular formula is C16H23BrN2O2. The second kappa shape index (κ2) is 7.80. The molecule has 1 fully saturated rings. The minimum atomic E-state index is 0.233. The van der Waals surface area contributed by atoms with E-state index < -0.39 is 0 Å². The van der Waals surface area contributed by atoms with Gasteiger partial charge in [0.1, 0.15) is 5.75 Å². The van der Waals surface area contributed by atoms with E-state index in [-0.39, 0.29) is 5.91 Å². The fourth-order valence-electron chi connectivity index (χ4n) is 2.78. The molecule has 5 heteroatoms. The topological polar surface area (TPSA) is 41.6 Å². The average Bonchev–Trinajstić information content (AvgIpc) is 2.52. The molecule has 4 nitrogen and oxygen atoms in total. The number of ether oxygens (including phenoxy) is 1. The Morgan fingerprint density at radius 2 is 2.33 bits per heavy atom. The van der Waals surface area contributed by atoms with Crippen LogP contribution in [0, 0.1) is 0 Å². The lowest BCUT2D eigenvalue weighted by Crippen LogP contribution is -2.47. The van der Waals surface area contributed by atoms with Crippen molar-refractivity contribution in [2.75, 3.05) is 27.2 Å². The van der Waals surface area contributed by atoms with E-state index in [4.69, 9.17) is 4.74 Å². The van der Waals surface area contributed by atoms with Gasteiger partial charge in [0, 0.05) is 30.0 Å². The van der Waals surface area contributed by atoms with Crippen LogP contribution in [0.4, 0.5) is 0 Å². The number of benzene rings is 1. The Morgan fingerprint density at radius 1 is 1.52 bits per heavy atom. The molecule has 0 spiro atoms. The van der Waals surface area contributed by atoms with Crippen LogP contribution in [0.5, 0.6) is 5.75 Å². The van der Waals surface area contributed by atoms with Crippen molar-refractivity contribution < 1.29 is 9.53 Å². The first-order valence-corrected chi connectivity index (χ1v) is 8.20. The summed E-state index contributed by atoms with van der Waals surface area (Å²) in [5.41, 5.74) is 1.07. The maximum Gasteiger partial charge on any atom is 0.222 e. The van der Waals surface area contributed by atoms with Crippen LogP contribution in [-0.4, -0.2) is 44.1 Å². The summed E-state index contributed by atoms with van der Waals surface area (Å²) in [5, 5.41) is 3.27. The maximum atomic E-state index is 12.4. The SMILES string of the molecule is CN[C@@H]1CCCN(C(=O)CCc2cc(Br)ccc2OC)C1. The van der Waals surface area contributed by atoms with Crippen molar-refractivity contribution in [3.63, 3.8) is 0 Å². The van der Waals surface area contributed by atoms with Crippen LogP contribution < -0.4 is 10.1 Å². The van der Waals surface area contributed by atoms with Crippen molar-refractivity contribution in [1.82, 2.24) is 10.2 Å². The Morgan fingerprint density at radius 3 is 3.05 bits per heavy atom. The van der Waals surface area contributed by atoms with E-state index >= 15 is 0 Å². The van der Waals surface area contributed by atoms with E-state index in [1.165, 1.54) is 0 Å². The lowest BCUT2D eigenvalue weighted by atomic mass is 10.0. The molecule has 1 saturated heterocycles. The van der Waals surface area contributed by atoms with Gasteiger partial charge >= 0.3 is 0 Å². The molecule has 0 aliphatic carbocycles. The molecule has 1 amide bonds. The van der Waals surface area contributed by atoms with Crippen LogP contribution >= 0.6 is 15.9 Å². The zero-order valence-electron chi connectivity index (χ0n) is 12.7. The number of hydrogen-bond acceptors (Lipinski definition) is 3. The molecule has 1 aromatic carbocycles. The third-order valence-electron chi connectivity index (χ3n) is 4.03. The highest BCUT2D eigenvalue weighted by Gasteiger charge is 2.22. The normalized spacial score (nSPS) is 18.6. The fraction of sp³-hybridized carbons (Fsp3) is 0.562. The minimum absolute atomic E-state index is 0.233. The Balaban J connectivity index is 1.93. The van der Waals surface area contributed by atoms with Gasteiger partial charge in [0.2, 0.25) is 5.91 Å². The number of carbonyl (C=O) groups excluding carboxylic acids is 1. The molecule has 0 saturated carbocycles. The van der Waals surface area contributed by atoms with Gasteiger partial charge in [0.15, 0.2) is 0 Å². The number of amides is 1. The summed E-state index contributed by atoms with van der Waals surface area (Å²) in [6, 6.07) is 6.34. The van der Waals surface area contributed by atoms with E-state index in [0.29, 0.717) is 18.9 Å². The van der Waals surface area contributed by atoms with E-state index in [0.717, 1.165) is 41.7 Å². The molecule has 1 aliphatic heterocycles. The van der Waals surface area contributed by atoms with Crippen LogP contribution in [0.2, 0.25) is 0 Å². The van der Waals surface area contributed by atoms with E-state index in [1.807, 2.05) is 30.1 Å². The van der Waals surface area contributed by atoms with E-state index in [1.54, 1.807) is 7.11 Å². The number of piperidine rings is 1. The Bertz CT molecular complexity index is 493. The van der Waals surface area contributed by atoms with Gasteiger partial charge in [0.05, 0.1) is 7.11 Å². The summed E-state index contributed by atoms with van der Waals surface area (Å²) in [7, 11) is 3.63. The number of methoxy groups -OCH3 is 1. The third-order valence-corrected chi connectivity index (χ3v) is 4.53. The zero-order chi connectivity index (χ0) is 15.2. The summed E-state index contributed by atoms with van der Waals surface area (Å²) in [4.78, 5) is 14.3. The Hall–Kier alpha value is -1.07. The lowest BCUT2D eigenvalue weighted by Gasteiger charge is -2.32. The number of aryl methyl sites for hydroxylation is 1. The third kappa shape index (κ3) is 4.45. The number of nitrogens with one attached hydrogen (secondary N) is 1. The molecule has 2 rings (SSSR count). The van der Waals surface area contributed by atoms with Crippen LogP contribution in [0.15, 0.2) is 22.7 Å². The molecule has 0 radical (unpaired) electrons. The van der Waals surface area contributed by atoms with Crippen molar-refractivity contribution in [3.05, 3.63) is 28.2 Å².